The van der Waals surface area contributed by atoms with Crippen molar-refractivity contribution in [3.8, 4) is 0 Å². The summed E-state index contributed by atoms with van der Waals surface area (Å²) in [7, 11) is -1.84. The highest BCUT2D eigenvalue weighted by molar-refractivity contribution is 7.95. The molecule has 0 saturated carbocycles. The number of hydrogen-bond donors (Lipinski definition) is 2. The van der Waals surface area contributed by atoms with Crippen molar-refractivity contribution in [3.05, 3.63) is 91.0 Å². The molecule has 1 atom stereocenters. The van der Waals surface area contributed by atoms with Crippen LogP contribution in [-0.4, -0.2) is 35.9 Å². The SMILES string of the molecule is NC(CCC(=O)O)C(=O)OCCCCC[P+](c1ccccc1)(c1ccccc1)c1ccccc1.[Br-]. The van der Waals surface area contributed by atoms with Gasteiger partial charge in [0, 0.05) is 6.42 Å². The molecule has 5 nitrogen and oxygen atoms in total. The van der Waals surface area contributed by atoms with Crippen molar-refractivity contribution in [1.29, 1.82) is 0 Å². The molecule has 0 saturated heterocycles. The zero-order chi connectivity index (χ0) is 24.2. The van der Waals surface area contributed by atoms with E-state index in [2.05, 4.69) is 91.0 Å². The third kappa shape index (κ3) is 7.99. The number of hydrogen-bond acceptors (Lipinski definition) is 4. The second-order valence-corrected chi connectivity index (χ2v) is 11.9. The third-order valence-electron chi connectivity index (χ3n) is 5.95. The van der Waals surface area contributed by atoms with E-state index < -0.39 is 25.2 Å². The maximum Gasteiger partial charge on any atom is 0.322 e. The number of carbonyl (C=O) groups excluding carboxylic acids is 1. The zero-order valence-corrected chi connectivity index (χ0v) is 22.2. The van der Waals surface area contributed by atoms with E-state index in [1.165, 1.54) is 15.9 Å². The number of esters is 1. The molecule has 0 heterocycles. The summed E-state index contributed by atoms with van der Waals surface area (Å²) < 4.78 is 5.27. The smallest absolute Gasteiger partial charge is 0.322 e. The van der Waals surface area contributed by atoms with Crippen LogP contribution in [-0.2, 0) is 14.3 Å². The van der Waals surface area contributed by atoms with Crippen molar-refractivity contribution in [2.45, 2.75) is 38.1 Å². The number of ether oxygens (including phenoxy) is 1. The van der Waals surface area contributed by atoms with Crippen LogP contribution in [0.3, 0.4) is 0 Å². The molecule has 0 amide bonds. The molecule has 0 aliphatic rings. The molecule has 0 aliphatic heterocycles. The molecule has 3 rings (SSSR count). The molecule has 3 N–H and O–H groups in total. The number of carboxylic acid groups (broad SMARTS) is 1. The highest BCUT2D eigenvalue weighted by Gasteiger charge is 2.44. The summed E-state index contributed by atoms with van der Waals surface area (Å²) in [4.78, 5) is 22.6. The predicted molar refractivity (Wildman–Crippen MR) is 140 cm³/mol. The lowest BCUT2D eigenvalue weighted by Gasteiger charge is -2.27. The van der Waals surface area contributed by atoms with Gasteiger partial charge in [0.1, 0.15) is 29.2 Å². The van der Waals surface area contributed by atoms with Crippen LogP contribution in [0, 0.1) is 0 Å². The largest absolute Gasteiger partial charge is 1.00 e. The van der Waals surface area contributed by atoms with Crippen molar-refractivity contribution < 1.29 is 36.4 Å². The fourth-order valence-electron chi connectivity index (χ4n) is 4.19. The molecular formula is C28H33BrNO4P. The Hall–Kier alpha value is -2.53. The molecule has 0 bridgehead atoms. The Kier molecular flexibility index (Phi) is 12.1. The Morgan fingerprint density at radius 2 is 1.23 bits per heavy atom. The summed E-state index contributed by atoms with van der Waals surface area (Å²) in [5, 5.41) is 12.8. The van der Waals surface area contributed by atoms with Crippen molar-refractivity contribution in [2.24, 2.45) is 5.73 Å². The minimum Gasteiger partial charge on any atom is -1.00 e. The molecule has 0 radical (unpaired) electrons. The average Bonchev–Trinajstić information content (AvgIpc) is 2.88. The number of aliphatic carboxylic acids is 1. The van der Waals surface area contributed by atoms with Crippen LogP contribution in [0.1, 0.15) is 32.1 Å². The zero-order valence-electron chi connectivity index (χ0n) is 19.8. The van der Waals surface area contributed by atoms with E-state index >= 15 is 0 Å². The second-order valence-electron chi connectivity index (χ2n) is 8.31. The van der Waals surface area contributed by atoms with Gasteiger partial charge in [-0.05, 0) is 62.1 Å². The summed E-state index contributed by atoms with van der Waals surface area (Å²) >= 11 is 0. The standard InChI is InChI=1S/C28H32NO4P.BrH/c29-26(19-20-27(30)31)28(32)33-21-11-4-12-22-34(23-13-5-1-6-14-23,24-15-7-2-8-16-24)25-17-9-3-10-18-25;/h1-3,5-10,13-18,26H,4,11-12,19-22,29H2;1H. The van der Waals surface area contributed by atoms with Gasteiger partial charge in [-0.25, -0.2) is 0 Å². The maximum atomic E-state index is 12.0. The van der Waals surface area contributed by atoms with E-state index in [0.717, 1.165) is 25.4 Å². The fourth-order valence-corrected chi connectivity index (χ4v) is 8.60. The third-order valence-corrected chi connectivity index (χ3v) is 10.5. The monoisotopic (exact) mass is 557 g/mol. The Labute approximate surface area is 218 Å². The minimum atomic E-state index is -1.84. The van der Waals surface area contributed by atoms with Crippen molar-refractivity contribution in [1.82, 2.24) is 0 Å². The highest BCUT2D eigenvalue weighted by Crippen LogP contribution is 2.55. The van der Waals surface area contributed by atoms with Gasteiger partial charge < -0.3 is 32.6 Å². The van der Waals surface area contributed by atoms with Gasteiger partial charge >= 0.3 is 11.9 Å². The fraction of sp³-hybridized carbons (Fsp3) is 0.286. The average molecular weight is 558 g/mol. The van der Waals surface area contributed by atoms with E-state index in [9.17, 15) is 9.59 Å². The van der Waals surface area contributed by atoms with Crippen molar-refractivity contribution >= 4 is 35.1 Å². The van der Waals surface area contributed by atoms with Crippen LogP contribution in [0.5, 0.6) is 0 Å². The predicted octanol–water partition coefficient (Wildman–Crippen LogP) is 0.890. The number of carbonyl (C=O) groups is 2. The topological polar surface area (TPSA) is 89.6 Å². The summed E-state index contributed by atoms with van der Waals surface area (Å²) in [5.74, 6) is -1.49. The molecule has 0 fully saturated rings. The number of nitrogens with two attached hydrogens (primary N) is 1. The molecule has 186 valence electrons. The van der Waals surface area contributed by atoms with Crippen molar-refractivity contribution in [2.75, 3.05) is 12.8 Å². The van der Waals surface area contributed by atoms with Crippen LogP contribution < -0.4 is 38.6 Å². The summed E-state index contributed by atoms with van der Waals surface area (Å²) in [6.07, 6.45) is 3.64. The first-order chi connectivity index (χ1) is 16.5. The van der Waals surface area contributed by atoms with Crippen LogP contribution >= 0.6 is 7.26 Å². The summed E-state index contributed by atoms with van der Waals surface area (Å²) in [6, 6.07) is 31.4. The molecule has 0 spiro atoms. The number of carboxylic acids is 1. The number of halogens is 1. The summed E-state index contributed by atoms with van der Waals surface area (Å²) in [6.45, 7) is 0.299. The molecule has 35 heavy (non-hydrogen) atoms. The molecule has 0 aliphatic carbocycles. The van der Waals surface area contributed by atoms with Crippen LogP contribution in [0.25, 0.3) is 0 Å². The first-order valence-corrected chi connectivity index (χ1v) is 13.7. The van der Waals surface area contributed by atoms with Gasteiger partial charge in [0.05, 0.1) is 12.8 Å². The lowest BCUT2D eigenvalue weighted by Crippen LogP contribution is -3.00. The van der Waals surface area contributed by atoms with Gasteiger partial charge in [-0.2, -0.15) is 0 Å². The van der Waals surface area contributed by atoms with Crippen molar-refractivity contribution in [3.63, 3.8) is 0 Å². The highest BCUT2D eigenvalue weighted by atomic mass is 79.9. The normalized spacial score (nSPS) is 11.8. The lowest BCUT2D eigenvalue weighted by atomic mass is 10.2. The van der Waals surface area contributed by atoms with Gasteiger partial charge in [0.2, 0.25) is 0 Å². The molecule has 1 unspecified atom stereocenters. The molecule has 3 aromatic carbocycles. The quantitative estimate of drug-likeness (QED) is 0.185. The van der Waals surface area contributed by atoms with E-state index in [4.69, 9.17) is 15.6 Å². The Morgan fingerprint density at radius 1 is 0.771 bits per heavy atom. The Balaban J connectivity index is 0.00000432. The Morgan fingerprint density at radius 3 is 1.66 bits per heavy atom. The maximum absolute atomic E-state index is 12.0. The van der Waals surface area contributed by atoms with Gasteiger partial charge in [-0.15, -0.1) is 0 Å². The van der Waals surface area contributed by atoms with Crippen LogP contribution in [0.15, 0.2) is 91.0 Å². The first kappa shape index (κ1) is 28.7. The minimum absolute atomic E-state index is 0. The number of unbranched alkanes of at least 4 members (excludes halogenated alkanes) is 2. The molecule has 3 aromatic rings. The first-order valence-electron chi connectivity index (χ1n) is 11.7. The molecule has 0 aromatic heterocycles. The van der Waals surface area contributed by atoms with Crippen LogP contribution in [0.2, 0.25) is 0 Å². The van der Waals surface area contributed by atoms with Gasteiger partial charge in [0.15, 0.2) is 0 Å². The number of benzene rings is 3. The van der Waals surface area contributed by atoms with E-state index in [0.29, 0.717) is 6.61 Å². The van der Waals surface area contributed by atoms with Gasteiger partial charge in [-0.1, -0.05) is 54.6 Å². The van der Waals surface area contributed by atoms with E-state index in [-0.39, 0.29) is 29.8 Å². The Bertz CT molecular complexity index is 938. The van der Waals surface area contributed by atoms with E-state index in [1.54, 1.807) is 0 Å². The number of rotatable bonds is 13. The van der Waals surface area contributed by atoms with Crippen LogP contribution in [0.4, 0.5) is 0 Å². The lowest BCUT2D eigenvalue weighted by molar-refractivity contribution is -0.145. The molecule has 7 heteroatoms. The van der Waals surface area contributed by atoms with Gasteiger partial charge in [-0.3, -0.25) is 9.59 Å². The summed E-state index contributed by atoms with van der Waals surface area (Å²) in [5.41, 5.74) is 5.72. The molecular weight excluding hydrogens is 525 g/mol. The van der Waals surface area contributed by atoms with E-state index in [1.807, 2.05) is 0 Å². The van der Waals surface area contributed by atoms with Gasteiger partial charge in [0.25, 0.3) is 0 Å². The second kappa shape index (κ2) is 14.8.